The van der Waals surface area contributed by atoms with Gasteiger partial charge in [-0.25, -0.2) is 9.78 Å². The zero-order valence-corrected chi connectivity index (χ0v) is 16.7. The average molecular weight is 381 g/mol. The zero-order chi connectivity index (χ0) is 19.4. The second-order valence-corrected chi connectivity index (χ2v) is 7.14. The Bertz CT molecular complexity index is 938. The Morgan fingerprint density at radius 1 is 1.26 bits per heavy atom. The summed E-state index contributed by atoms with van der Waals surface area (Å²) in [6, 6.07) is 6.05. The lowest BCUT2D eigenvalue weighted by Crippen LogP contribution is -2.30. The van der Waals surface area contributed by atoms with Crippen LogP contribution in [-0.2, 0) is 11.2 Å². The van der Waals surface area contributed by atoms with Crippen LogP contribution in [-0.4, -0.2) is 22.6 Å². The molecule has 0 amide bonds. The molecule has 1 aliphatic heterocycles. The molecular formula is C22H24N2O2S. The minimum Gasteiger partial charge on any atom is -0.477 e. The summed E-state index contributed by atoms with van der Waals surface area (Å²) in [6.45, 7) is 6.74. The van der Waals surface area contributed by atoms with Crippen LogP contribution in [0, 0.1) is 0 Å². The maximum atomic E-state index is 11.8. The molecule has 0 unspecified atom stereocenters. The van der Waals surface area contributed by atoms with E-state index in [0.717, 1.165) is 45.9 Å². The van der Waals surface area contributed by atoms with Crippen LogP contribution in [0.2, 0.25) is 0 Å². The van der Waals surface area contributed by atoms with E-state index in [0.29, 0.717) is 12.2 Å². The molecule has 0 radical (unpaired) electrons. The van der Waals surface area contributed by atoms with Gasteiger partial charge in [0.15, 0.2) is 0 Å². The molecule has 4 nitrogen and oxygen atoms in total. The fourth-order valence-electron chi connectivity index (χ4n) is 3.28. The van der Waals surface area contributed by atoms with E-state index in [1.807, 2.05) is 30.0 Å². The second-order valence-electron chi connectivity index (χ2n) is 6.25. The molecule has 1 aliphatic rings. The number of anilines is 1. The van der Waals surface area contributed by atoms with Crippen LogP contribution < -0.4 is 4.90 Å². The minimum absolute atomic E-state index is 0.318. The third-order valence-electron chi connectivity index (χ3n) is 4.53. The van der Waals surface area contributed by atoms with Crippen molar-refractivity contribution in [2.45, 2.75) is 33.6 Å². The Morgan fingerprint density at radius 3 is 2.70 bits per heavy atom. The smallest absolute Gasteiger partial charge is 0.352 e. The highest BCUT2D eigenvalue weighted by molar-refractivity contribution is 7.10. The number of aliphatic carboxylic acids is 1. The number of carboxylic acid groups (broad SMARTS) is 1. The van der Waals surface area contributed by atoms with Gasteiger partial charge in [-0.05, 0) is 49.1 Å². The fraction of sp³-hybridized carbons (Fsp3) is 0.273. The lowest BCUT2D eigenvalue weighted by atomic mass is 9.91. The predicted molar refractivity (Wildman–Crippen MR) is 114 cm³/mol. The molecule has 3 rings (SSSR count). The molecule has 2 heterocycles. The Kier molecular flexibility index (Phi) is 5.91. The number of carbonyl (C=O) groups is 1. The van der Waals surface area contributed by atoms with Gasteiger partial charge < -0.3 is 10.0 Å². The van der Waals surface area contributed by atoms with Gasteiger partial charge >= 0.3 is 5.97 Å². The molecule has 2 aromatic rings. The molecule has 0 saturated heterocycles. The van der Waals surface area contributed by atoms with Gasteiger partial charge in [-0.15, -0.1) is 11.3 Å². The first kappa shape index (κ1) is 19.1. The third kappa shape index (κ3) is 3.88. The van der Waals surface area contributed by atoms with Crippen LogP contribution in [0.5, 0.6) is 0 Å². The number of allylic oxidation sites excluding steroid dienone is 3. The third-order valence-corrected chi connectivity index (χ3v) is 5.39. The number of hydrogen-bond acceptors (Lipinski definition) is 4. The highest BCUT2D eigenvalue weighted by Gasteiger charge is 2.26. The zero-order valence-electron chi connectivity index (χ0n) is 15.9. The number of nitrogens with zero attached hydrogens (tertiary/aromatic N) is 2. The summed E-state index contributed by atoms with van der Waals surface area (Å²) in [5, 5.41) is 12.7. The van der Waals surface area contributed by atoms with Crippen molar-refractivity contribution in [2.24, 2.45) is 0 Å². The van der Waals surface area contributed by atoms with Gasteiger partial charge in [0.25, 0.3) is 0 Å². The SMILES string of the molecule is CC/C=C1\C=C(C(=O)O)N(CC)c2cccc(/C=C/c3nc(CC)cs3)c21. The Morgan fingerprint density at radius 2 is 2.07 bits per heavy atom. The van der Waals surface area contributed by atoms with Crippen molar-refractivity contribution in [1.82, 2.24) is 4.98 Å². The molecular weight excluding hydrogens is 356 g/mol. The van der Waals surface area contributed by atoms with Crippen molar-refractivity contribution in [3.63, 3.8) is 0 Å². The van der Waals surface area contributed by atoms with Crippen molar-refractivity contribution in [3.05, 3.63) is 63.3 Å². The quantitative estimate of drug-likeness (QED) is 0.721. The van der Waals surface area contributed by atoms with Crippen molar-refractivity contribution < 1.29 is 9.90 Å². The van der Waals surface area contributed by atoms with Gasteiger partial charge in [-0.3, -0.25) is 0 Å². The summed E-state index contributed by atoms with van der Waals surface area (Å²) in [4.78, 5) is 18.2. The van der Waals surface area contributed by atoms with E-state index in [1.165, 1.54) is 0 Å². The highest BCUT2D eigenvalue weighted by atomic mass is 32.1. The topological polar surface area (TPSA) is 53.4 Å². The van der Waals surface area contributed by atoms with E-state index in [-0.39, 0.29) is 0 Å². The highest BCUT2D eigenvalue weighted by Crippen LogP contribution is 2.39. The normalized spacial score (nSPS) is 15.3. The predicted octanol–water partition coefficient (Wildman–Crippen LogP) is 5.48. The second kappa shape index (κ2) is 8.35. The number of thiazole rings is 1. The van der Waals surface area contributed by atoms with Gasteiger partial charge in [-0.2, -0.15) is 0 Å². The number of fused-ring (bicyclic) bond motifs is 1. The number of carboxylic acids is 1. The molecule has 0 saturated carbocycles. The Labute approximate surface area is 164 Å². The Balaban J connectivity index is 2.10. The molecule has 0 atom stereocenters. The molecule has 1 aromatic carbocycles. The maximum absolute atomic E-state index is 11.8. The van der Waals surface area contributed by atoms with Gasteiger partial charge in [0.1, 0.15) is 10.7 Å². The summed E-state index contributed by atoms with van der Waals surface area (Å²) < 4.78 is 0. The van der Waals surface area contributed by atoms with Gasteiger partial charge in [0.05, 0.1) is 5.69 Å². The lowest BCUT2D eigenvalue weighted by Gasteiger charge is -2.31. The van der Waals surface area contributed by atoms with E-state index in [1.54, 1.807) is 17.4 Å². The molecule has 0 fully saturated rings. The maximum Gasteiger partial charge on any atom is 0.352 e. The summed E-state index contributed by atoms with van der Waals surface area (Å²) in [6.07, 6.45) is 9.76. The number of aromatic nitrogens is 1. The fourth-order valence-corrected chi connectivity index (χ4v) is 4.08. The monoisotopic (exact) mass is 380 g/mol. The van der Waals surface area contributed by atoms with E-state index < -0.39 is 5.97 Å². The number of likely N-dealkylation sites (N-methyl/N-ethyl adjacent to an activating group) is 1. The molecule has 1 aromatic heterocycles. The first-order valence-electron chi connectivity index (χ1n) is 9.27. The molecule has 0 bridgehead atoms. The van der Waals surface area contributed by atoms with Crippen molar-refractivity contribution in [3.8, 4) is 0 Å². The summed E-state index contributed by atoms with van der Waals surface area (Å²) >= 11 is 1.64. The number of hydrogen-bond donors (Lipinski definition) is 1. The average Bonchev–Trinajstić information content (AvgIpc) is 3.14. The van der Waals surface area contributed by atoms with E-state index >= 15 is 0 Å². The first-order chi connectivity index (χ1) is 13.1. The van der Waals surface area contributed by atoms with Crippen LogP contribution in [0.4, 0.5) is 5.69 Å². The van der Waals surface area contributed by atoms with Crippen LogP contribution in [0.15, 0.2) is 41.4 Å². The first-order valence-corrected chi connectivity index (χ1v) is 10.2. The van der Waals surface area contributed by atoms with E-state index in [4.69, 9.17) is 0 Å². The van der Waals surface area contributed by atoms with Gasteiger partial charge in [0.2, 0.25) is 0 Å². The lowest BCUT2D eigenvalue weighted by molar-refractivity contribution is -0.132. The van der Waals surface area contributed by atoms with Crippen LogP contribution in [0.25, 0.3) is 17.7 Å². The Hall–Kier alpha value is -2.66. The molecule has 0 aliphatic carbocycles. The molecule has 0 spiro atoms. The number of rotatable bonds is 6. The summed E-state index contributed by atoms with van der Waals surface area (Å²) in [5.41, 5.74) is 5.47. The van der Waals surface area contributed by atoms with Crippen molar-refractivity contribution >= 4 is 40.7 Å². The molecule has 27 heavy (non-hydrogen) atoms. The molecule has 5 heteroatoms. The van der Waals surface area contributed by atoms with Crippen molar-refractivity contribution in [1.29, 1.82) is 0 Å². The van der Waals surface area contributed by atoms with Crippen molar-refractivity contribution in [2.75, 3.05) is 11.4 Å². The van der Waals surface area contributed by atoms with E-state index in [9.17, 15) is 9.90 Å². The summed E-state index contributed by atoms with van der Waals surface area (Å²) in [5.74, 6) is -0.902. The number of aryl methyl sites for hydroxylation is 1. The minimum atomic E-state index is -0.902. The molecule has 1 N–H and O–H groups in total. The number of benzene rings is 1. The van der Waals surface area contributed by atoms with E-state index in [2.05, 4.69) is 42.4 Å². The van der Waals surface area contributed by atoms with Gasteiger partial charge in [-0.1, -0.05) is 38.1 Å². The van der Waals surface area contributed by atoms with Crippen LogP contribution >= 0.6 is 11.3 Å². The standard InChI is InChI=1S/C22H24N2O2S/c1-4-8-16-13-19(22(25)26)24(6-3)18-10-7-9-15(21(16)18)11-12-20-23-17(5-2)14-27-20/h7-14H,4-6H2,1-3H3,(H,25,26)/b12-11+,16-8+. The largest absolute Gasteiger partial charge is 0.477 e. The van der Waals surface area contributed by atoms with Crippen LogP contribution in [0.1, 0.15) is 49.0 Å². The van der Waals surface area contributed by atoms with Gasteiger partial charge in [0, 0.05) is 23.2 Å². The molecule has 140 valence electrons. The van der Waals surface area contributed by atoms with Crippen LogP contribution in [0.3, 0.4) is 0 Å². The summed E-state index contributed by atoms with van der Waals surface area (Å²) in [7, 11) is 0.